The Balaban J connectivity index is 1.21. The zero-order valence-electron chi connectivity index (χ0n) is 16.3. The van der Waals surface area contributed by atoms with Gasteiger partial charge in [-0.3, -0.25) is 0 Å². The van der Waals surface area contributed by atoms with Crippen LogP contribution in [-0.2, 0) is 29.0 Å². The number of benzene rings is 1. The van der Waals surface area contributed by atoms with Crippen LogP contribution in [0.25, 0.3) is 16.6 Å². The van der Waals surface area contributed by atoms with Crippen LogP contribution in [0.1, 0.15) is 35.4 Å². The van der Waals surface area contributed by atoms with Crippen molar-refractivity contribution in [2.24, 2.45) is 0 Å². The molecule has 0 N–H and O–H groups in total. The highest BCUT2D eigenvalue weighted by Gasteiger charge is 2.18. The number of carbonyl (C=O) groups is 1. The number of furan rings is 1. The lowest BCUT2D eigenvalue weighted by atomic mass is 9.96. The van der Waals surface area contributed by atoms with Gasteiger partial charge in [-0.25, -0.2) is 9.78 Å². The van der Waals surface area contributed by atoms with Crippen molar-refractivity contribution in [3.63, 3.8) is 0 Å². The maximum atomic E-state index is 12.1. The molecule has 0 fully saturated rings. The Morgan fingerprint density at radius 1 is 1.17 bits per heavy atom. The van der Waals surface area contributed by atoms with Gasteiger partial charge >= 0.3 is 5.97 Å². The fourth-order valence-corrected chi connectivity index (χ4v) is 3.90. The Hall–Kier alpha value is -3.28. The average Bonchev–Trinajstić information content (AvgIpc) is 3.30. The van der Waals surface area contributed by atoms with E-state index in [9.17, 15) is 4.79 Å². The quantitative estimate of drug-likeness (QED) is 0.473. The molecule has 0 spiro atoms. The van der Waals surface area contributed by atoms with Gasteiger partial charge in [-0.2, -0.15) is 0 Å². The average molecular weight is 390 g/mol. The van der Waals surface area contributed by atoms with Crippen molar-refractivity contribution in [2.75, 3.05) is 6.61 Å². The molecule has 6 nitrogen and oxygen atoms in total. The van der Waals surface area contributed by atoms with E-state index in [1.165, 1.54) is 18.4 Å². The molecule has 3 heterocycles. The van der Waals surface area contributed by atoms with Gasteiger partial charge in [0.05, 0.1) is 5.69 Å². The number of nitrogens with zero attached hydrogens (tertiary/aromatic N) is 2. The molecule has 0 bridgehead atoms. The Morgan fingerprint density at radius 3 is 3.00 bits per heavy atom. The second kappa shape index (κ2) is 7.28. The summed E-state index contributed by atoms with van der Waals surface area (Å²) in [5.74, 6) is 1.31. The van der Waals surface area contributed by atoms with Gasteiger partial charge in [0.25, 0.3) is 0 Å². The fourth-order valence-electron chi connectivity index (χ4n) is 3.90. The van der Waals surface area contributed by atoms with Crippen LogP contribution in [0.15, 0.2) is 47.1 Å². The largest absolute Gasteiger partial charge is 0.482 e. The van der Waals surface area contributed by atoms with Gasteiger partial charge in [0, 0.05) is 29.8 Å². The van der Waals surface area contributed by atoms with Crippen LogP contribution < -0.4 is 4.74 Å². The van der Waals surface area contributed by atoms with Gasteiger partial charge in [-0.05, 0) is 56.0 Å². The van der Waals surface area contributed by atoms with E-state index in [0.29, 0.717) is 11.4 Å². The molecule has 1 aromatic carbocycles. The SMILES string of the molecule is Cc1ccc2nc(COC(=O)COc3ccc4oc5c(c4c3)CCCC5)cn2c1. The van der Waals surface area contributed by atoms with Crippen molar-refractivity contribution in [3.8, 4) is 5.75 Å². The second-order valence-electron chi connectivity index (χ2n) is 7.52. The van der Waals surface area contributed by atoms with Gasteiger partial charge < -0.3 is 18.3 Å². The Morgan fingerprint density at radius 2 is 2.07 bits per heavy atom. The molecule has 1 aliphatic carbocycles. The smallest absolute Gasteiger partial charge is 0.344 e. The third kappa shape index (κ3) is 3.58. The van der Waals surface area contributed by atoms with Gasteiger partial charge in [0.2, 0.25) is 0 Å². The van der Waals surface area contributed by atoms with E-state index in [0.717, 1.165) is 40.8 Å². The van der Waals surface area contributed by atoms with Crippen LogP contribution in [0, 0.1) is 6.92 Å². The van der Waals surface area contributed by atoms with E-state index in [4.69, 9.17) is 13.9 Å². The third-order valence-electron chi connectivity index (χ3n) is 5.31. The minimum atomic E-state index is -0.424. The van der Waals surface area contributed by atoms with E-state index in [-0.39, 0.29) is 13.2 Å². The van der Waals surface area contributed by atoms with Crippen molar-refractivity contribution in [1.29, 1.82) is 0 Å². The maximum absolute atomic E-state index is 12.1. The predicted octanol–water partition coefficient (Wildman–Crippen LogP) is 4.39. The minimum absolute atomic E-state index is 0.122. The molecule has 4 aromatic rings. The lowest BCUT2D eigenvalue weighted by Crippen LogP contribution is -2.14. The number of hydrogen-bond acceptors (Lipinski definition) is 5. The molecule has 3 aromatic heterocycles. The van der Waals surface area contributed by atoms with Crippen molar-refractivity contribution < 1.29 is 18.7 Å². The first-order chi connectivity index (χ1) is 14.2. The lowest BCUT2D eigenvalue weighted by molar-refractivity contribution is -0.147. The molecule has 1 aliphatic rings. The van der Waals surface area contributed by atoms with Crippen LogP contribution in [0.3, 0.4) is 0 Å². The molecule has 29 heavy (non-hydrogen) atoms. The fraction of sp³-hybridized carbons (Fsp3) is 0.304. The lowest BCUT2D eigenvalue weighted by Gasteiger charge is -2.09. The molecule has 5 rings (SSSR count). The monoisotopic (exact) mass is 390 g/mol. The van der Waals surface area contributed by atoms with Gasteiger partial charge in [-0.15, -0.1) is 0 Å². The van der Waals surface area contributed by atoms with E-state index in [2.05, 4.69) is 4.98 Å². The number of fused-ring (bicyclic) bond motifs is 4. The molecule has 148 valence electrons. The number of imidazole rings is 1. The summed E-state index contributed by atoms with van der Waals surface area (Å²) < 4.78 is 18.8. The Bertz CT molecular complexity index is 1200. The number of rotatable bonds is 5. The Kier molecular flexibility index (Phi) is 4.46. The highest BCUT2D eigenvalue weighted by molar-refractivity contribution is 5.84. The van der Waals surface area contributed by atoms with Crippen LogP contribution in [0.5, 0.6) is 5.75 Å². The van der Waals surface area contributed by atoms with Crippen LogP contribution >= 0.6 is 0 Å². The third-order valence-corrected chi connectivity index (χ3v) is 5.31. The normalized spacial score (nSPS) is 13.6. The minimum Gasteiger partial charge on any atom is -0.482 e. The van der Waals surface area contributed by atoms with Gasteiger partial charge in [-0.1, -0.05) is 6.07 Å². The van der Waals surface area contributed by atoms with Crippen molar-refractivity contribution >= 4 is 22.6 Å². The summed E-state index contributed by atoms with van der Waals surface area (Å²) >= 11 is 0. The topological polar surface area (TPSA) is 66.0 Å². The Labute approximate surface area is 168 Å². The van der Waals surface area contributed by atoms with Crippen molar-refractivity contribution in [3.05, 3.63) is 65.3 Å². The second-order valence-corrected chi connectivity index (χ2v) is 7.52. The number of ether oxygens (including phenoxy) is 2. The summed E-state index contributed by atoms with van der Waals surface area (Å²) in [5.41, 5.74) is 4.84. The first-order valence-electron chi connectivity index (χ1n) is 9.93. The molecule has 0 radical (unpaired) electrons. The predicted molar refractivity (Wildman–Crippen MR) is 108 cm³/mol. The zero-order chi connectivity index (χ0) is 19.8. The van der Waals surface area contributed by atoms with E-state index in [1.54, 1.807) is 0 Å². The number of aromatic nitrogens is 2. The van der Waals surface area contributed by atoms with Crippen molar-refractivity contribution in [2.45, 2.75) is 39.2 Å². The molecular formula is C23H22N2O4. The summed E-state index contributed by atoms with van der Waals surface area (Å²) in [4.78, 5) is 16.6. The standard InChI is InChI=1S/C23H22N2O4/c1-15-6-9-22-24-16(12-25(22)11-15)13-28-23(26)14-27-17-7-8-21-19(10-17)18-4-2-3-5-20(18)29-21/h6-12H,2-5,13-14H2,1H3. The number of hydrogen-bond donors (Lipinski definition) is 0. The summed E-state index contributed by atoms with van der Waals surface area (Å²) in [5, 5.41) is 1.09. The summed E-state index contributed by atoms with van der Waals surface area (Å²) in [6.45, 7) is 2.00. The summed E-state index contributed by atoms with van der Waals surface area (Å²) in [7, 11) is 0. The summed E-state index contributed by atoms with van der Waals surface area (Å²) in [6.07, 6.45) is 8.24. The number of carbonyl (C=O) groups excluding carboxylic acids is 1. The zero-order valence-corrected chi connectivity index (χ0v) is 16.3. The van der Waals surface area contributed by atoms with E-state index < -0.39 is 5.97 Å². The molecule has 0 aliphatic heterocycles. The van der Waals surface area contributed by atoms with Crippen LogP contribution in [0.4, 0.5) is 0 Å². The van der Waals surface area contributed by atoms with Crippen LogP contribution in [-0.4, -0.2) is 22.0 Å². The molecule has 0 saturated heterocycles. The van der Waals surface area contributed by atoms with Gasteiger partial charge in [0.15, 0.2) is 6.61 Å². The van der Waals surface area contributed by atoms with E-state index in [1.807, 2.05) is 54.0 Å². The first-order valence-corrected chi connectivity index (χ1v) is 9.93. The first kappa shape index (κ1) is 17.8. The van der Waals surface area contributed by atoms with Crippen LogP contribution in [0.2, 0.25) is 0 Å². The molecule has 0 atom stereocenters. The molecule has 0 amide bonds. The number of esters is 1. The van der Waals surface area contributed by atoms with E-state index >= 15 is 0 Å². The molecule has 0 saturated carbocycles. The van der Waals surface area contributed by atoms with Gasteiger partial charge in [0.1, 0.15) is 29.3 Å². The maximum Gasteiger partial charge on any atom is 0.344 e. The molecule has 0 unspecified atom stereocenters. The van der Waals surface area contributed by atoms with Crippen molar-refractivity contribution in [1.82, 2.24) is 9.38 Å². The summed E-state index contributed by atoms with van der Waals surface area (Å²) in [6, 6.07) is 9.64. The number of pyridine rings is 1. The molecule has 6 heteroatoms. The highest BCUT2D eigenvalue weighted by Crippen LogP contribution is 2.33. The highest BCUT2D eigenvalue weighted by atomic mass is 16.6. The number of aryl methyl sites for hydroxylation is 3. The molecular weight excluding hydrogens is 368 g/mol.